The Morgan fingerprint density at radius 2 is 1.50 bits per heavy atom. The molecule has 1 fully saturated rings. The molecular formula is C18H18ClF2N3O2. The highest BCUT2D eigenvalue weighted by atomic mass is 35.5. The number of anilines is 1. The molecule has 0 aliphatic carbocycles. The van der Waals surface area contributed by atoms with Gasteiger partial charge in [0.1, 0.15) is 11.6 Å². The third-order valence-electron chi connectivity index (χ3n) is 4.15. The summed E-state index contributed by atoms with van der Waals surface area (Å²) in [7, 11) is 0. The van der Waals surface area contributed by atoms with E-state index in [2.05, 4.69) is 0 Å². The topological polar surface area (TPSA) is 66.6 Å². The minimum absolute atomic E-state index is 0. The smallest absolute Gasteiger partial charge is 0.256 e. The number of hydrogen-bond donors (Lipinski definition) is 1. The number of nitrogens with zero attached hydrogens (tertiary/aromatic N) is 2. The van der Waals surface area contributed by atoms with Gasteiger partial charge >= 0.3 is 0 Å². The zero-order valence-corrected chi connectivity index (χ0v) is 14.6. The number of halogens is 3. The summed E-state index contributed by atoms with van der Waals surface area (Å²) in [5.41, 5.74) is 6.52. The van der Waals surface area contributed by atoms with Gasteiger partial charge in [0.2, 0.25) is 0 Å². The molecule has 0 radical (unpaired) electrons. The number of carbonyl (C=O) groups is 2. The fourth-order valence-electron chi connectivity index (χ4n) is 2.80. The monoisotopic (exact) mass is 381 g/mol. The van der Waals surface area contributed by atoms with Crippen LogP contribution in [0.15, 0.2) is 42.5 Å². The van der Waals surface area contributed by atoms with Crippen LogP contribution in [0.4, 0.5) is 14.5 Å². The van der Waals surface area contributed by atoms with Crippen LogP contribution in [0.25, 0.3) is 0 Å². The van der Waals surface area contributed by atoms with E-state index in [0.29, 0.717) is 30.4 Å². The first-order chi connectivity index (χ1) is 12.0. The number of hydrogen-bond acceptors (Lipinski definition) is 3. The molecule has 2 N–H and O–H groups in total. The first-order valence-electron chi connectivity index (χ1n) is 7.85. The summed E-state index contributed by atoms with van der Waals surface area (Å²) in [5.74, 6) is -2.28. The van der Waals surface area contributed by atoms with Crippen molar-refractivity contribution >= 4 is 29.9 Å². The molecule has 1 heterocycles. The lowest BCUT2D eigenvalue weighted by atomic mass is 10.1. The van der Waals surface area contributed by atoms with E-state index in [9.17, 15) is 18.4 Å². The Kier molecular flexibility index (Phi) is 6.15. The number of nitrogen functional groups attached to an aromatic ring is 1. The second-order valence-corrected chi connectivity index (χ2v) is 5.83. The largest absolute Gasteiger partial charge is 0.399 e. The predicted octanol–water partition coefficient (Wildman–Crippen LogP) is 2.57. The van der Waals surface area contributed by atoms with Gasteiger partial charge in [-0.1, -0.05) is 6.07 Å². The Balaban J connectivity index is 0.00000243. The van der Waals surface area contributed by atoms with Gasteiger partial charge in [0.05, 0.1) is 5.56 Å². The van der Waals surface area contributed by atoms with E-state index in [1.54, 1.807) is 29.2 Å². The lowest BCUT2D eigenvalue weighted by Gasteiger charge is -2.35. The lowest BCUT2D eigenvalue weighted by Crippen LogP contribution is -2.50. The van der Waals surface area contributed by atoms with Crippen LogP contribution in [0.5, 0.6) is 0 Å². The molecule has 0 aromatic heterocycles. The van der Waals surface area contributed by atoms with E-state index in [1.807, 2.05) is 0 Å². The summed E-state index contributed by atoms with van der Waals surface area (Å²) in [6.07, 6.45) is 0. The van der Waals surface area contributed by atoms with Gasteiger partial charge in [-0.05, 0) is 30.3 Å². The maximum absolute atomic E-state index is 13.8. The SMILES string of the molecule is Cl.Nc1cccc(C(=O)N2CCN(C(=O)c3ccc(F)cc3F)CC2)c1. The lowest BCUT2D eigenvalue weighted by molar-refractivity contribution is 0.0533. The first-order valence-corrected chi connectivity index (χ1v) is 7.85. The highest BCUT2D eigenvalue weighted by molar-refractivity contribution is 5.96. The molecule has 0 atom stereocenters. The van der Waals surface area contributed by atoms with Crippen molar-refractivity contribution in [3.63, 3.8) is 0 Å². The number of carbonyl (C=O) groups excluding carboxylic acids is 2. The molecule has 1 aliphatic rings. The number of nitrogens with two attached hydrogens (primary N) is 1. The van der Waals surface area contributed by atoms with E-state index in [1.165, 1.54) is 4.90 Å². The average Bonchev–Trinajstić information content (AvgIpc) is 2.61. The van der Waals surface area contributed by atoms with Gasteiger partial charge in [0.15, 0.2) is 0 Å². The molecule has 26 heavy (non-hydrogen) atoms. The zero-order chi connectivity index (χ0) is 18.0. The van der Waals surface area contributed by atoms with Crippen LogP contribution in [-0.2, 0) is 0 Å². The number of benzene rings is 2. The fourth-order valence-corrected chi connectivity index (χ4v) is 2.80. The van der Waals surface area contributed by atoms with Gasteiger partial charge in [-0.3, -0.25) is 9.59 Å². The summed E-state index contributed by atoms with van der Waals surface area (Å²) < 4.78 is 26.7. The van der Waals surface area contributed by atoms with Crippen LogP contribution in [0, 0.1) is 11.6 Å². The number of piperazine rings is 1. The zero-order valence-electron chi connectivity index (χ0n) is 13.8. The van der Waals surface area contributed by atoms with Crippen molar-refractivity contribution in [2.75, 3.05) is 31.9 Å². The minimum Gasteiger partial charge on any atom is -0.399 e. The maximum atomic E-state index is 13.8. The second kappa shape index (κ2) is 8.14. The highest BCUT2D eigenvalue weighted by Gasteiger charge is 2.27. The van der Waals surface area contributed by atoms with Gasteiger partial charge in [0, 0.05) is 43.5 Å². The van der Waals surface area contributed by atoms with Crippen LogP contribution in [-0.4, -0.2) is 47.8 Å². The van der Waals surface area contributed by atoms with Crippen LogP contribution in [0.2, 0.25) is 0 Å². The molecule has 1 aliphatic heterocycles. The third-order valence-corrected chi connectivity index (χ3v) is 4.15. The van der Waals surface area contributed by atoms with Crippen LogP contribution in [0.1, 0.15) is 20.7 Å². The Morgan fingerprint density at radius 1 is 0.885 bits per heavy atom. The highest BCUT2D eigenvalue weighted by Crippen LogP contribution is 2.16. The van der Waals surface area contributed by atoms with Crippen LogP contribution in [0.3, 0.4) is 0 Å². The Hall–Kier alpha value is -2.67. The second-order valence-electron chi connectivity index (χ2n) is 5.83. The standard InChI is InChI=1S/C18H17F2N3O2.ClH/c19-13-4-5-15(16(20)11-13)18(25)23-8-6-22(7-9-23)17(24)12-2-1-3-14(21)10-12;/h1-5,10-11H,6-9,21H2;1H. The minimum atomic E-state index is -0.886. The van der Waals surface area contributed by atoms with Gasteiger partial charge in [-0.15, -0.1) is 12.4 Å². The van der Waals surface area contributed by atoms with Gasteiger partial charge in [-0.2, -0.15) is 0 Å². The molecule has 2 amide bonds. The maximum Gasteiger partial charge on any atom is 0.256 e. The number of amides is 2. The van der Waals surface area contributed by atoms with Gasteiger partial charge in [0.25, 0.3) is 11.8 Å². The normalized spacial score (nSPS) is 13.9. The first kappa shape index (κ1) is 19.7. The Morgan fingerprint density at radius 3 is 2.08 bits per heavy atom. The van der Waals surface area contributed by atoms with Gasteiger partial charge in [-0.25, -0.2) is 8.78 Å². The van der Waals surface area contributed by atoms with E-state index >= 15 is 0 Å². The summed E-state index contributed by atoms with van der Waals surface area (Å²) in [6.45, 7) is 1.23. The van der Waals surface area contributed by atoms with Crippen molar-refractivity contribution in [2.45, 2.75) is 0 Å². The Bertz CT molecular complexity index is 824. The Labute approximate surface area is 155 Å². The number of rotatable bonds is 2. The molecule has 3 rings (SSSR count). The van der Waals surface area contributed by atoms with Crippen molar-refractivity contribution in [1.82, 2.24) is 9.80 Å². The molecule has 2 aromatic carbocycles. The van der Waals surface area contributed by atoms with E-state index in [4.69, 9.17) is 5.73 Å². The van der Waals surface area contributed by atoms with E-state index < -0.39 is 17.5 Å². The average molecular weight is 382 g/mol. The molecule has 8 heteroatoms. The van der Waals surface area contributed by atoms with Crippen molar-refractivity contribution in [2.24, 2.45) is 0 Å². The molecule has 5 nitrogen and oxygen atoms in total. The van der Waals surface area contributed by atoms with E-state index in [0.717, 1.165) is 12.1 Å². The summed E-state index contributed by atoms with van der Waals surface area (Å²) in [4.78, 5) is 27.9. The van der Waals surface area contributed by atoms with Crippen molar-refractivity contribution < 1.29 is 18.4 Å². The van der Waals surface area contributed by atoms with Crippen LogP contribution < -0.4 is 5.73 Å². The molecule has 1 saturated heterocycles. The van der Waals surface area contributed by atoms with E-state index in [-0.39, 0.29) is 37.0 Å². The molecule has 0 spiro atoms. The van der Waals surface area contributed by atoms with Gasteiger partial charge < -0.3 is 15.5 Å². The van der Waals surface area contributed by atoms with Crippen molar-refractivity contribution in [3.8, 4) is 0 Å². The summed E-state index contributed by atoms with van der Waals surface area (Å²) in [6, 6.07) is 9.57. The molecule has 138 valence electrons. The van der Waals surface area contributed by atoms with Crippen molar-refractivity contribution in [3.05, 3.63) is 65.2 Å². The van der Waals surface area contributed by atoms with Crippen molar-refractivity contribution in [1.29, 1.82) is 0 Å². The quantitative estimate of drug-likeness (QED) is 0.813. The molecule has 0 bridgehead atoms. The molecular weight excluding hydrogens is 364 g/mol. The summed E-state index contributed by atoms with van der Waals surface area (Å²) >= 11 is 0. The fraction of sp³-hybridized carbons (Fsp3) is 0.222. The molecule has 0 saturated carbocycles. The predicted molar refractivity (Wildman–Crippen MR) is 96.3 cm³/mol. The molecule has 2 aromatic rings. The van der Waals surface area contributed by atoms with Crippen LogP contribution >= 0.6 is 12.4 Å². The summed E-state index contributed by atoms with van der Waals surface area (Å²) in [5, 5.41) is 0. The molecule has 0 unspecified atom stereocenters. The third kappa shape index (κ3) is 4.11.